The topological polar surface area (TPSA) is 56.1 Å². The van der Waals surface area contributed by atoms with E-state index in [-0.39, 0.29) is 11.9 Å². The first-order chi connectivity index (χ1) is 14.7. The van der Waals surface area contributed by atoms with E-state index in [4.69, 9.17) is 4.74 Å². The average molecular weight is 657 g/mol. The van der Waals surface area contributed by atoms with Gasteiger partial charge in [-0.2, -0.15) is 0 Å². The summed E-state index contributed by atoms with van der Waals surface area (Å²) in [7, 11) is 3.56. The van der Waals surface area contributed by atoms with Gasteiger partial charge in [-0.05, 0) is 72.0 Å². The fourth-order valence-corrected chi connectivity index (χ4v) is 5.58. The Morgan fingerprint density at radius 3 is 2.50 bits per heavy atom. The maximum absolute atomic E-state index is 11.5. The van der Waals surface area contributed by atoms with Gasteiger partial charge >= 0.3 is 5.97 Å². The Bertz CT molecular complexity index is 788. The smallest absolute Gasteiger partial charge is 0.308 e. The van der Waals surface area contributed by atoms with Gasteiger partial charge in [0.1, 0.15) is 5.65 Å². The number of ether oxygens (including phenoxy) is 1. The zero-order valence-electron chi connectivity index (χ0n) is 18.2. The van der Waals surface area contributed by atoms with Crippen LogP contribution in [-0.4, -0.2) is 43.8 Å². The summed E-state index contributed by atoms with van der Waals surface area (Å²) in [6.07, 6.45) is 10.9. The molecule has 2 fully saturated rings. The minimum absolute atomic E-state index is 0.0491. The number of hydrogen-bond donors (Lipinski definition) is 1. The van der Waals surface area contributed by atoms with Crippen LogP contribution in [0.25, 0.3) is 11.0 Å². The molecule has 0 saturated heterocycles. The largest absolute Gasteiger partial charge is 0.469 e. The number of hydrogen-bond acceptors (Lipinski definition) is 5. The number of aromatic nitrogens is 2. The summed E-state index contributed by atoms with van der Waals surface area (Å²) in [5.41, 5.74) is 2.55. The van der Waals surface area contributed by atoms with Crippen LogP contribution in [0.15, 0.2) is 24.5 Å². The number of esters is 1. The Hall–Kier alpha value is -0.0700. The minimum Gasteiger partial charge on any atom is -0.469 e. The molecule has 2 aliphatic carbocycles. The summed E-state index contributed by atoms with van der Waals surface area (Å²) in [6, 6.07) is 4.82. The molecule has 2 saturated carbocycles. The lowest BCUT2D eigenvalue weighted by Gasteiger charge is -2.35. The highest BCUT2D eigenvalue weighted by Crippen LogP contribution is 2.39. The molecule has 4 rings (SSSR count). The molecule has 5 nitrogen and oxygen atoms in total. The predicted octanol–water partition coefficient (Wildman–Crippen LogP) is 5.89. The molecule has 0 amide bonds. The normalized spacial score (nSPS) is 25.3. The number of pyridine rings is 1. The number of carbonyl (C=O) groups is 1. The Morgan fingerprint density at radius 2 is 1.87 bits per heavy atom. The molecule has 0 aromatic carbocycles. The zero-order chi connectivity index (χ0) is 22.1. The number of nitrogens with one attached hydrogen (secondary N) is 1. The van der Waals surface area contributed by atoms with E-state index in [1.54, 1.807) is 0 Å². The SMILES string of the molecule is CI.CI.COC(=O)C1CC(SNC2CCC(c3cn(C)c4ncccc34)CC2)C1. The molecule has 0 unspecified atom stereocenters. The van der Waals surface area contributed by atoms with Crippen LogP contribution in [0, 0.1) is 5.92 Å². The van der Waals surface area contributed by atoms with Crippen LogP contribution >= 0.6 is 57.1 Å². The van der Waals surface area contributed by atoms with Gasteiger partial charge in [0.25, 0.3) is 0 Å². The number of methoxy groups -OCH3 is 1. The van der Waals surface area contributed by atoms with E-state index < -0.39 is 0 Å². The van der Waals surface area contributed by atoms with Gasteiger partial charge in [0.05, 0.1) is 13.0 Å². The molecule has 2 aliphatic rings. The quantitative estimate of drug-likeness (QED) is 0.188. The van der Waals surface area contributed by atoms with Gasteiger partial charge in [-0.3, -0.25) is 9.52 Å². The van der Waals surface area contributed by atoms with Crippen LogP contribution in [0.3, 0.4) is 0 Å². The Labute approximate surface area is 212 Å². The van der Waals surface area contributed by atoms with E-state index in [0.29, 0.717) is 17.2 Å². The first kappa shape index (κ1) is 26.2. The van der Waals surface area contributed by atoms with Crippen LogP contribution in [-0.2, 0) is 16.6 Å². The number of carbonyl (C=O) groups excluding carboxylic acids is 1. The summed E-state index contributed by atoms with van der Waals surface area (Å²) in [4.78, 5) is 19.9. The number of nitrogens with zero attached hydrogens (tertiary/aromatic N) is 2. The maximum atomic E-state index is 11.5. The first-order valence-corrected chi connectivity index (χ1v) is 15.5. The van der Waals surface area contributed by atoms with Gasteiger partial charge in [-0.1, -0.05) is 57.1 Å². The fraction of sp³-hybridized carbons (Fsp3) is 0.636. The van der Waals surface area contributed by atoms with E-state index in [9.17, 15) is 4.79 Å². The number of alkyl halides is 2. The molecule has 1 N–H and O–H groups in total. The molecule has 8 heteroatoms. The van der Waals surface area contributed by atoms with Crippen molar-refractivity contribution in [1.29, 1.82) is 0 Å². The lowest BCUT2D eigenvalue weighted by atomic mass is 9.82. The van der Waals surface area contributed by atoms with Gasteiger partial charge in [0.2, 0.25) is 0 Å². The molecular formula is C22H33I2N3O2S. The summed E-state index contributed by atoms with van der Waals surface area (Å²) >= 11 is 6.13. The van der Waals surface area contributed by atoms with Crippen molar-refractivity contribution in [3.05, 3.63) is 30.1 Å². The monoisotopic (exact) mass is 657 g/mol. The standard InChI is InChI=1S/C20H27N3O2S.2CH3I/c1-23-12-18(17-4-3-9-21-19(17)23)13-5-7-15(8-6-13)22-26-16-10-14(11-16)20(24)25-2;2*1-2/h3-4,9,12-16,22H,5-8,10-11H2,1-2H3;2*1H3. The Kier molecular flexibility index (Phi) is 11.8. The zero-order valence-corrected chi connectivity index (χ0v) is 23.4. The second kappa shape index (κ2) is 13.5. The van der Waals surface area contributed by atoms with Crippen LogP contribution in [0.2, 0.25) is 0 Å². The summed E-state index contributed by atoms with van der Waals surface area (Å²) in [6.45, 7) is 0. The van der Waals surface area contributed by atoms with Gasteiger partial charge in [0, 0.05) is 36.1 Å². The number of fused-ring (bicyclic) bond motifs is 1. The van der Waals surface area contributed by atoms with E-state index in [1.807, 2.05) is 34.1 Å². The van der Waals surface area contributed by atoms with Crippen LogP contribution in [0.4, 0.5) is 0 Å². The van der Waals surface area contributed by atoms with Crippen LogP contribution < -0.4 is 4.72 Å². The highest BCUT2D eigenvalue weighted by atomic mass is 127. The molecular weight excluding hydrogens is 624 g/mol. The van der Waals surface area contributed by atoms with Crippen molar-refractivity contribution in [1.82, 2.24) is 14.3 Å². The predicted molar refractivity (Wildman–Crippen MR) is 145 cm³/mol. The van der Waals surface area contributed by atoms with E-state index in [2.05, 4.69) is 78.8 Å². The van der Waals surface area contributed by atoms with Crippen molar-refractivity contribution >= 4 is 74.1 Å². The molecule has 0 atom stereocenters. The molecule has 0 radical (unpaired) electrons. The van der Waals surface area contributed by atoms with Gasteiger partial charge in [-0.15, -0.1) is 0 Å². The fourth-order valence-electron chi connectivity index (χ4n) is 4.30. The van der Waals surface area contributed by atoms with E-state index >= 15 is 0 Å². The lowest BCUT2D eigenvalue weighted by molar-refractivity contribution is -0.148. The third-order valence-electron chi connectivity index (χ3n) is 5.96. The van der Waals surface area contributed by atoms with Crippen molar-refractivity contribution in [2.45, 2.75) is 55.7 Å². The van der Waals surface area contributed by atoms with Crippen molar-refractivity contribution in [2.75, 3.05) is 17.0 Å². The highest BCUT2D eigenvalue weighted by Gasteiger charge is 2.36. The maximum Gasteiger partial charge on any atom is 0.308 e. The Balaban J connectivity index is 0.000000757. The number of halogens is 2. The second-order valence-electron chi connectivity index (χ2n) is 7.67. The Morgan fingerprint density at radius 1 is 1.20 bits per heavy atom. The summed E-state index contributed by atoms with van der Waals surface area (Å²) in [5, 5.41) is 1.87. The molecule has 168 valence electrons. The van der Waals surface area contributed by atoms with Gasteiger partial charge in [-0.25, -0.2) is 4.98 Å². The van der Waals surface area contributed by atoms with Gasteiger partial charge in [0.15, 0.2) is 0 Å². The lowest BCUT2D eigenvalue weighted by Crippen LogP contribution is -2.37. The molecule has 2 aromatic rings. The van der Waals surface area contributed by atoms with Crippen molar-refractivity contribution in [2.24, 2.45) is 13.0 Å². The number of aryl methyl sites for hydroxylation is 1. The van der Waals surface area contributed by atoms with Crippen LogP contribution in [0.5, 0.6) is 0 Å². The molecule has 30 heavy (non-hydrogen) atoms. The second-order valence-corrected chi connectivity index (χ2v) is 8.81. The first-order valence-electron chi connectivity index (χ1n) is 10.3. The molecule has 0 bridgehead atoms. The summed E-state index contributed by atoms with van der Waals surface area (Å²) in [5.74, 6) is 0.709. The molecule has 0 aliphatic heterocycles. The highest BCUT2D eigenvalue weighted by molar-refractivity contribution is 14.1. The van der Waals surface area contributed by atoms with Crippen LogP contribution in [0.1, 0.15) is 50.0 Å². The minimum atomic E-state index is -0.0491. The third kappa shape index (κ3) is 6.48. The van der Waals surface area contributed by atoms with Crippen molar-refractivity contribution < 1.29 is 9.53 Å². The summed E-state index contributed by atoms with van der Waals surface area (Å²) < 4.78 is 10.6. The van der Waals surface area contributed by atoms with E-state index in [1.165, 1.54) is 43.7 Å². The molecule has 2 heterocycles. The van der Waals surface area contributed by atoms with Crippen molar-refractivity contribution in [3.63, 3.8) is 0 Å². The third-order valence-corrected chi connectivity index (χ3v) is 7.15. The number of rotatable bonds is 5. The molecule has 2 aromatic heterocycles. The van der Waals surface area contributed by atoms with E-state index in [0.717, 1.165) is 18.5 Å². The van der Waals surface area contributed by atoms with Gasteiger partial charge < -0.3 is 9.30 Å². The average Bonchev–Trinajstić information content (AvgIpc) is 3.12. The molecule has 0 spiro atoms. The van der Waals surface area contributed by atoms with Crippen molar-refractivity contribution in [3.8, 4) is 0 Å².